The molecule has 0 unspecified atom stereocenters. The van der Waals surface area contributed by atoms with Gasteiger partial charge < -0.3 is 5.73 Å². The Kier molecular flexibility index (Phi) is 4.07. The summed E-state index contributed by atoms with van der Waals surface area (Å²) < 4.78 is 3.69. The number of hydrogen-bond acceptors (Lipinski definition) is 4. The highest BCUT2D eigenvalue weighted by molar-refractivity contribution is 5.33. The monoisotopic (exact) mass is 282 g/mol. The lowest BCUT2D eigenvalue weighted by atomic mass is 10.2. The minimum Gasteiger partial charge on any atom is -0.330 e. The Labute approximate surface area is 123 Å². The molecule has 0 saturated heterocycles. The highest BCUT2D eigenvalue weighted by Gasteiger charge is 2.02. The van der Waals surface area contributed by atoms with Gasteiger partial charge in [-0.2, -0.15) is 5.10 Å². The van der Waals surface area contributed by atoms with Gasteiger partial charge in [0.25, 0.3) is 0 Å². The Hall–Kier alpha value is -2.47. The lowest BCUT2D eigenvalue weighted by Crippen LogP contribution is -2.01. The topological polar surface area (TPSA) is 74.5 Å². The molecule has 108 valence electrons. The van der Waals surface area contributed by atoms with Crippen LogP contribution >= 0.6 is 0 Å². The van der Waals surface area contributed by atoms with Gasteiger partial charge in [0, 0.05) is 18.6 Å². The molecular weight excluding hydrogens is 264 g/mol. The van der Waals surface area contributed by atoms with Crippen molar-refractivity contribution in [3.05, 3.63) is 60.2 Å². The Balaban J connectivity index is 1.66. The second-order valence-electron chi connectivity index (χ2n) is 4.92. The Morgan fingerprint density at radius 2 is 2.00 bits per heavy atom. The molecule has 0 atom stereocenters. The van der Waals surface area contributed by atoms with Gasteiger partial charge >= 0.3 is 0 Å². The summed E-state index contributed by atoms with van der Waals surface area (Å²) in [5.41, 5.74) is 8.72. The van der Waals surface area contributed by atoms with Crippen LogP contribution in [0.2, 0.25) is 0 Å². The van der Waals surface area contributed by atoms with Gasteiger partial charge in [0.15, 0.2) is 0 Å². The molecule has 6 heteroatoms. The summed E-state index contributed by atoms with van der Waals surface area (Å²) in [5.74, 6) is 0. The largest absolute Gasteiger partial charge is 0.330 e. The molecule has 0 radical (unpaired) electrons. The second-order valence-corrected chi connectivity index (χ2v) is 4.92. The summed E-state index contributed by atoms with van der Waals surface area (Å²) in [6.07, 6.45) is 7.51. The van der Waals surface area contributed by atoms with E-state index in [1.807, 2.05) is 27.8 Å². The molecular formula is C15H18N6. The van der Waals surface area contributed by atoms with Crippen molar-refractivity contribution in [2.45, 2.75) is 19.4 Å². The molecule has 0 aliphatic carbocycles. The van der Waals surface area contributed by atoms with E-state index < -0.39 is 0 Å². The first-order chi connectivity index (χ1) is 10.3. The first-order valence-electron chi connectivity index (χ1n) is 7.03. The molecule has 0 saturated carbocycles. The standard InChI is InChI=1S/C15H18N6/c16-8-1-3-14-12-20(19-18-14)11-13-4-6-15(7-5-13)21-10-2-9-17-21/h2,4-7,9-10,12H,1,3,8,11,16H2. The molecule has 2 N–H and O–H groups in total. The van der Waals surface area contributed by atoms with E-state index in [1.54, 1.807) is 6.20 Å². The SMILES string of the molecule is NCCCc1cn(Cc2ccc(-n3cccn3)cc2)nn1. The summed E-state index contributed by atoms with van der Waals surface area (Å²) in [7, 11) is 0. The molecule has 21 heavy (non-hydrogen) atoms. The first kappa shape index (κ1) is 13.5. The molecule has 0 fully saturated rings. The van der Waals surface area contributed by atoms with Gasteiger partial charge in [-0.1, -0.05) is 17.3 Å². The molecule has 6 nitrogen and oxygen atoms in total. The predicted molar refractivity (Wildman–Crippen MR) is 80.1 cm³/mol. The average molecular weight is 282 g/mol. The zero-order valence-corrected chi connectivity index (χ0v) is 11.8. The van der Waals surface area contributed by atoms with Gasteiger partial charge in [-0.05, 0) is 43.1 Å². The number of aromatic nitrogens is 5. The van der Waals surface area contributed by atoms with Gasteiger partial charge in [-0.25, -0.2) is 9.36 Å². The molecule has 2 aromatic heterocycles. The molecule has 0 aliphatic heterocycles. The average Bonchev–Trinajstić information content (AvgIpc) is 3.17. The van der Waals surface area contributed by atoms with E-state index in [-0.39, 0.29) is 0 Å². The van der Waals surface area contributed by atoms with E-state index in [4.69, 9.17) is 5.73 Å². The number of aryl methyl sites for hydroxylation is 1. The maximum absolute atomic E-state index is 5.50. The number of hydrogen-bond donors (Lipinski definition) is 1. The molecule has 0 aliphatic rings. The van der Waals surface area contributed by atoms with Crippen molar-refractivity contribution < 1.29 is 0 Å². The number of benzene rings is 1. The van der Waals surface area contributed by atoms with E-state index in [1.165, 1.54) is 5.56 Å². The second kappa shape index (κ2) is 6.32. The van der Waals surface area contributed by atoms with Crippen LogP contribution in [0.15, 0.2) is 48.9 Å². The lowest BCUT2D eigenvalue weighted by Gasteiger charge is -2.04. The van der Waals surface area contributed by atoms with Crippen molar-refractivity contribution >= 4 is 0 Å². The fourth-order valence-corrected chi connectivity index (χ4v) is 2.18. The minimum absolute atomic E-state index is 0.682. The summed E-state index contributed by atoms with van der Waals surface area (Å²) in [6, 6.07) is 10.2. The zero-order valence-electron chi connectivity index (χ0n) is 11.8. The molecule has 1 aromatic carbocycles. The van der Waals surface area contributed by atoms with Crippen LogP contribution in [0.5, 0.6) is 0 Å². The van der Waals surface area contributed by atoms with Crippen molar-refractivity contribution in [3.63, 3.8) is 0 Å². The third kappa shape index (κ3) is 3.35. The van der Waals surface area contributed by atoms with E-state index >= 15 is 0 Å². The van der Waals surface area contributed by atoms with Crippen LogP contribution in [-0.4, -0.2) is 31.3 Å². The van der Waals surface area contributed by atoms with Gasteiger partial charge in [-0.3, -0.25) is 0 Å². The fourth-order valence-electron chi connectivity index (χ4n) is 2.18. The van der Waals surface area contributed by atoms with Crippen LogP contribution in [0.25, 0.3) is 5.69 Å². The lowest BCUT2D eigenvalue weighted by molar-refractivity contribution is 0.648. The third-order valence-electron chi connectivity index (χ3n) is 3.27. The highest BCUT2D eigenvalue weighted by Crippen LogP contribution is 2.10. The zero-order chi connectivity index (χ0) is 14.5. The normalized spacial score (nSPS) is 10.9. The molecule has 0 amide bonds. The van der Waals surface area contributed by atoms with Crippen LogP contribution in [-0.2, 0) is 13.0 Å². The van der Waals surface area contributed by atoms with Crippen molar-refractivity contribution in [1.29, 1.82) is 0 Å². The predicted octanol–water partition coefficient (Wildman–Crippen LogP) is 1.40. The molecule has 2 heterocycles. The van der Waals surface area contributed by atoms with Gasteiger partial charge in [-0.15, -0.1) is 5.10 Å². The minimum atomic E-state index is 0.682. The molecule has 0 bridgehead atoms. The maximum atomic E-state index is 5.50. The number of nitrogens with two attached hydrogens (primary N) is 1. The van der Waals surface area contributed by atoms with Gasteiger partial charge in [0.1, 0.15) is 0 Å². The van der Waals surface area contributed by atoms with E-state index in [0.717, 1.165) is 30.8 Å². The quantitative estimate of drug-likeness (QED) is 0.741. The maximum Gasteiger partial charge on any atom is 0.0827 e. The highest BCUT2D eigenvalue weighted by atomic mass is 15.4. The summed E-state index contributed by atoms with van der Waals surface area (Å²) in [4.78, 5) is 0. The Bertz CT molecular complexity index is 669. The number of nitrogens with zero attached hydrogens (tertiary/aromatic N) is 5. The third-order valence-corrected chi connectivity index (χ3v) is 3.27. The van der Waals surface area contributed by atoms with Crippen LogP contribution in [0.1, 0.15) is 17.7 Å². The van der Waals surface area contributed by atoms with Crippen molar-refractivity contribution in [2.24, 2.45) is 5.73 Å². The molecule has 3 aromatic rings. The van der Waals surface area contributed by atoms with E-state index in [0.29, 0.717) is 6.54 Å². The van der Waals surface area contributed by atoms with Crippen molar-refractivity contribution in [3.8, 4) is 5.69 Å². The first-order valence-corrected chi connectivity index (χ1v) is 7.03. The van der Waals surface area contributed by atoms with Crippen LogP contribution < -0.4 is 5.73 Å². The van der Waals surface area contributed by atoms with Gasteiger partial charge in [0.05, 0.1) is 17.9 Å². The molecule has 3 rings (SSSR count). The summed E-state index contributed by atoms with van der Waals surface area (Å²) >= 11 is 0. The fraction of sp³-hybridized carbons (Fsp3) is 0.267. The Morgan fingerprint density at radius 1 is 1.14 bits per heavy atom. The number of rotatable bonds is 6. The molecule has 0 spiro atoms. The summed E-state index contributed by atoms with van der Waals surface area (Å²) in [6.45, 7) is 1.40. The van der Waals surface area contributed by atoms with Gasteiger partial charge in [0.2, 0.25) is 0 Å². The van der Waals surface area contributed by atoms with Crippen LogP contribution in [0.4, 0.5) is 0 Å². The Morgan fingerprint density at radius 3 is 2.71 bits per heavy atom. The summed E-state index contributed by atoms with van der Waals surface area (Å²) in [5, 5.41) is 12.5. The van der Waals surface area contributed by atoms with E-state index in [9.17, 15) is 0 Å². The van der Waals surface area contributed by atoms with Crippen molar-refractivity contribution in [2.75, 3.05) is 6.54 Å². The van der Waals surface area contributed by atoms with E-state index in [2.05, 4.69) is 39.7 Å². The van der Waals surface area contributed by atoms with Crippen molar-refractivity contribution in [1.82, 2.24) is 24.8 Å². The van der Waals surface area contributed by atoms with Crippen LogP contribution in [0.3, 0.4) is 0 Å². The smallest absolute Gasteiger partial charge is 0.0827 e. The van der Waals surface area contributed by atoms with Crippen LogP contribution in [0, 0.1) is 0 Å².